The first-order valence-electron chi connectivity index (χ1n) is 11.5. The van der Waals surface area contributed by atoms with Gasteiger partial charge in [0.05, 0.1) is 23.6 Å². The molecule has 0 spiro atoms. The number of nitrogens with one attached hydrogen (secondary N) is 1. The van der Waals surface area contributed by atoms with Crippen LogP contribution in [0.3, 0.4) is 0 Å². The van der Waals surface area contributed by atoms with Gasteiger partial charge in [0.15, 0.2) is 0 Å². The van der Waals surface area contributed by atoms with Crippen molar-refractivity contribution in [1.29, 1.82) is 0 Å². The molecule has 5 N–H and O–H groups in total. The number of aliphatic hydroxyl groups excluding tert-OH is 1. The van der Waals surface area contributed by atoms with Crippen LogP contribution in [0.1, 0.15) is 41.8 Å². The minimum atomic E-state index is -3.54. The summed E-state index contributed by atoms with van der Waals surface area (Å²) in [5.74, 6) is 0. The number of pyridine rings is 1. The molecule has 4 aromatic rings. The summed E-state index contributed by atoms with van der Waals surface area (Å²) in [6.07, 6.45) is 2.88. The second-order valence-electron chi connectivity index (χ2n) is 9.31. The predicted molar refractivity (Wildman–Crippen MR) is 144 cm³/mol. The smallest absolute Gasteiger partial charge is 0.215 e. The molecule has 0 bridgehead atoms. The zero-order chi connectivity index (χ0) is 25.7. The van der Waals surface area contributed by atoms with Crippen molar-refractivity contribution in [3.8, 4) is 11.3 Å². The Kier molecular flexibility index (Phi) is 6.57. The third kappa shape index (κ3) is 4.87. The number of hydrogen-bond acceptors (Lipinski definition) is 7. The lowest BCUT2D eigenvalue weighted by Gasteiger charge is -2.21. The van der Waals surface area contributed by atoms with E-state index in [4.69, 9.17) is 17.3 Å². The minimum Gasteiger partial charge on any atom is -0.399 e. The van der Waals surface area contributed by atoms with E-state index in [2.05, 4.69) is 9.71 Å². The molecular weight excluding hydrogens is 518 g/mol. The van der Waals surface area contributed by atoms with Gasteiger partial charge in [-0.3, -0.25) is 4.98 Å². The first-order valence-corrected chi connectivity index (χ1v) is 14.2. The summed E-state index contributed by atoms with van der Waals surface area (Å²) in [4.78, 5) is 5.27. The quantitative estimate of drug-likeness (QED) is 0.241. The van der Waals surface area contributed by atoms with Gasteiger partial charge >= 0.3 is 0 Å². The van der Waals surface area contributed by atoms with Crippen LogP contribution in [0.2, 0.25) is 5.02 Å². The van der Waals surface area contributed by atoms with Gasteiger partial charge in [-0.2, -0.15) is 0 Å². The lowest BCUT2D eigenvalue weighted by atomic mass is 9.96. The van der Waals surface area contributed by atoms with Gasteiger partial charge in [-0.05, 0) is 72.7 Å². The number of anilines is 1. The van der Waals surface area contributed by atoms with Crippen LogP contribution in [0.25, 0.3) is 21.3 Å². The van der Waals surface area contributed by atoms with Gasteiger partial charge in [-0.15, -0.1) is 11.3 Å². The molecule has 0 amide bonds. The van der Waals surface area contributed by atoms with Gasteiger partial charge < -0.3 is 15.9 Å². The van der Waals surface area contributed by atoms with Crippen molar-refractivity contribution in [2.45, 2.75) is 36.7 Å². The Morgan fingerprint density at radius 1 is 1.22 bits per heavy atom. The monoisotopic (exact) mass is 543 g/mol. The number of fused-ring (bicyclic) bond motifs is 1. The average Bonchev–Trinajstić information content (AvgIpc) is 3.64. The van der Waals surface area contributed by atoms with E-state index in [9.17, 15) is 18.6 Å². The number of aliphatic hydroxyl groups is 2. The Labute approximate surface area is 218 Å². The van der Waals surface area contributed by atoms with E-state index in [0.717, 1.165) is 20.5 Å². The van der Waals surface area contributed by atoms with E-state index in [1.165, 1.54) is 11.3 Å². The summed E-state index contributed by atoms with van der Waals surface area (Å²) in [6, 6.07) is 15.5. The summed E-state index contributed by atoms with van der Waals surface area (Å²) in [6.45, 7) is 1.12. The van der Waals surface area contributed by atoms with Gasteiger partial charge in [-0.25, -0.2) is 13.1 Å². The maximum absolute atomic E-state index is 13.0. The number of nitrogen functional groups attached to an aromatic ring is 1. The third-order valence-electron chi connectivity index (χ3n) is 6.39. The van der Waals surface area contributed by atoms with Gasteiger partial charge in [-0.1, -0.05) is 29.8 Å². The van der Waals surface area contributed by atoms with Gasteiger partial charge in [0, 0.05) is 32.0 Å². The number of nitrogens with zero attached hydrogens (tertiary/aromatic N) is 1. The Morgan fingerprint density at radius 2 is 2.00 bits per heavy atom. The minimum absolute atomic E-state index is 0.393. The number of sulfonamides is 1. The number of rotatable bonds is 8. The molecule has 0 saturated heterocycles. The SMILES string of the molecule is C[C@@](O)(CO)c1ccnc(-c2cccc3cc([C@H](NS(=O)(=O)C4CC4)c4cc(N)ccc4Cl)sc23)c1. The van der Waals surface area contributed by atoms with Crippen LogP contribution in [0.4, 0.5) is 5.69 Å². The van der Waals surface area contributed by atoms with Crippen molar-refractivity contribution >= 4 is 48.7 Å². The lowest BCUT2D eigenvalue weighted by molar-refractivity contribution is -0.00230. The summed E-state index contributed by atoms with van der Waals surface area (Å²) in [5.41, 5.74) is 7.73. The molecule has 1 aliphatic carbocycles. The highest BCUT2D eigenvalue weighted by Crippen LogP contribution is 2.41. The molecule has 2 atom stereocenters. The number of hydrogen-bond donors (Lipinski definition) is 4. The van der Waals surface area contributed by atoms with E-state index in [1.54, 1.807) is 43.5 Å². The number of benzene rings is 2. The molecule has 1 fully saturated rings. The summed E-state index contributed by atoms with van der Waals surface area (Å²) in [5, 5.41) is 21.1. The molecule has 2 aromatic heterocycles. The molecular formula is C26H26ClN3O4S2. The predicted octanol–water partition coefficient (Wildman–Crippen LogP) is 4.57. The molecule has 2 aromatic carbocycles. The van der Waals surface area contributed by atoms with Crippen molar-refractivity contribution in [3.05, 3.63) is 81.8 Å². The maximum Gasteiger partial charge on any atom is 0.215 e. The van der Waals surface area contributed by atoms with Gasteiger partial charge in [0.2, 0.25) is 10.0 Å². The average molecular weight is 544 g/mol. The van der Waals surface area contributed by atoms with Crippen LogP contribution in [0.15, 0.2) is 60.8 Å². The number of aromatic nitrogens is 1. The van der Waals surface area contributed by atoms with Gasteiger partial charge in [0.25, 0.3) is 0 Å². The molecule has 1 saturated carbocycles. The normalized spacial score (nSPS) is 16.7. The highest BCUT2D eigenvalue weighted by molar-refractivity contribution is 7.90. The van der Waals surface area contributed by atoms with E-state index < -0.39 is 33.5 Å². The van der Waals surface area contributed by atoms with Crippen molar-refractivity contribution < 1.29 is 18.6 Å². The second kappa shape index (κ2) is 9.41. The van der Waals surface area contributed by atoms with Crippen LogP contribution in [-0.4, -0.2) is 35.5 Å². The number of halogens is 1. The second-order valence-corrected chi connectivity index (χ2v) is 12.8. The Bertz CT molecular complexity index is 1550. The largest absolute Gasteiger partial charge is 0.399 e. The molecule has 0 radical (unpaired) electrons. The van der Waals surface area contributed by atoms with E-state index in [0.29, 0.717) is 40.4 Å². The van der Waals surface area contributed by atoms with Crippen molar-refractivity contribution in [2.24, 2.45) is 0 Å². The molecule has 5 rings (SSSR count). The fraction of sp³-hybridized carbons (Fsp3) is 0.269. The van der Waals surface area contributed by atoms with Crippen LogP contribution in [-0.2, 0) is 15.6 Å². The fourth-order valence-electron chi connectivity index (χ4n) is 4.13. The molecule has 0 unspecified atom stereocenters. The van der Waals surface area contributed by atoms with Crippen LogP contribution >= 0.6 is 22.9 Å². The molecule has 188 valence electrons. The zero-order valence-electron chi connectivity index (χ0n) is 19.5. The van der Waals surface area contributed by atoms with Crippen molar-refractivity contribution in [3.63, 3.8) is 0 Å². The molecule has 10 heteroatoms. The maximum atomic E-state index is 13.0. The molecule has 0 aliphatic heterocycles. The van der Waals surface area contributed by atoms with Crippen LogP contribution in [0.5, 0.6) is 0 Å². The Hall–Kier alpha value is -2.53. The molecule has 36 heavy (non-hydrogen) atoms. The van der Waals surface area contributed by atoms with Crippen LogP contribution < -0.4 is 10.5 Å². The van der Waals surface area contributed by atoms with Crippen molar-refractivity contribution in [2.75, 3.05) is 12.3 Å². The zero-order valence-corrected chi connectivity index (χ0v) is 21.9. The first kappa shape index (κ1) is 25.1. The number of nitrogens with two attached hydrogens (primary N) is 1. The van der Waals surface area contributed by atoms with E-state index in [-0.39, 0.29) is 0 Å². The molecule has 1 aliphatic rings. The van der Waals surface area contributed by atoms with Crippen LogP contribution in [0, 0.1) is 0 Å². The standard InChI is InChI=1S/C26H26ClN3O4S2/c1-26(32,14-31)16-9-10-29-22(12-16)19-4-2-3-15-11-23(35-25(15)19)24(30-36(33,34)18-6-7-18)20-13-17(28)5-8-21(20)27/h2-5,8-13,18,24,30-32H,6-7,14,28H2,1H3/t24-,26-/m1/s1. The topological polar surface area (TPSA) is 126 Å². The fourth-order valence-corrected chi connectivity index (χ4v) is 7.21. The molecule has 7 nitrogen and oxygen atoms in total. The van der Waals surface area contributed by atoms with Crippen molar-refractivity contribution in [1.82, 2.24) is 9.71 Å². The Balaban J connectivity index is 1.64. The molecule has 2 heterocycles. The Morgan fingerprint density at radius 3 is 2.72 bits per heavy atom. The summed E-state index contributed by atoms with van der Waals surface area (Å²) >= 11 is 7.97. The summed E-state index contributed by atoms with van der Waals surface area (Å²) < 4.78 is 29.7. The summed E-state index contributed by atoms with van der Waals surface area (Å²) in [7, 11) is -3.54. The number of thiophene rings is 1. The highest BCUT2D eigenvalue weighted by Gasteiger charge is 2.38. The first-order chi connectivity index (χ1) is 17.1. The van der Waals surface area contributed by atoms with E-state index >= 15 is 0 Å². The third-order valence-corrected chi connectivity index (χ3v) is 9.90. The highest BCUT2D eigenvalue weighted by atomic mass is 35.5. The van der Waals surface area contributed by atoms with Gasteiger partial charge in [0.1, 0.15) is 5.60 Å². The lowest BCUT2D eigenvalue weighted by Crippen LogP contribution is -2.31. The van der Waals surface area contributed by atoms with E-state index in [1.807, 2.05) is 24.3 Å².